The molecule has 0 bridgehead atoms. The van der Waals surface area contributed by atoms with E-state index in [-0.39, 0.29) is 17.6 Å². The van der Waals surface area contributed by atoms with E-state index in [1.807, 2.05) is 13.8 Å². The summed E-state index contributed by atoms with van der Waals surface area (Å²) in [5, 5.41) is 0. The molecule has 2 aromatic rings. The summed E-state index contributed by atoms with van der Waals surface area (Å²) in [6.45, 7) is 9.66. The number of carbonyl (C=O) groups excluding carboxylic acids is 3. The molecule has 7 heteroatoms. The Labute approximate surface area is 183 Å². The number of rotatable bonds is 8. The molecule has 1 unspecified atom stereocenters. The highest BCUT2D eigenvalue weighted by Crippen LogP contribution is 2.26. The van der Waals surface area contributed by atoms with E-state index in [4.69, 9.17) is 9.47 Å². The maximum absolute atomic E-state index is 13.6. The first-order valence-corrected chi connectivity index (χ1v) is 10.3. The second-order valence-corrected chi connectivity index (χ2v) is 8.11. The topological polar surface area (TPSA) is 77.8 Å². The fraction of sp³-hybridized carbons (Fsp3) is 0.458. The average Bonchev–Trinajstić information content (AvgIpc) is 2.98. The van der Waals surface area contributed by atoms with Crippen molar-refractivity contribution in [3.8, 4) is 5.75 Å². The Morgan fingerprint density at radius 3 is 2.29 bits per heavy atom. The van der Waals surface area contributed by atoms with E-state index >= 15 is 0 Å². The molecule has 0 N–H and O–H groups in total. The van der Waals surface area contributed by atoms with E-state index < -0.39 is 12.0 Å². The number of ketones is 1. The van der Waals surface area contributed by atoms with E-state index in [0.29, 0.717) is 40.4 Å². The monoisotopic (exact) mass is 428 g/mol. The second kappa shape index (κ2) is 9.81. The molecule has 2 rings (SSSR count). The first-order valence-electron chi connectivity index (χ1n) is 10.3. The summed E-state index contributed by atoms with van der Waals surface area (Å²) in [6, 6.07) is 6.18. The number of hydrogen-bond donors (Lipinski definition) is 0. The van der Waals surface area contributed by atoms with Crippen molar-refractivity contribution in [1.29, 1.82) is 0 Å². The van der Waals surface area contributed by atoms with Crippen LogP contribution in [0.4, 0.5) is 0 Å². The lowest BCUT2D eigenvalue weighted by molar-refractivity contribution is 0.0587. The minimum absolute atomic E-state index is 0.161. The van der Waals surface area contributed by atoms with Gasteiger partial charge in [-0.25, -0.2) is 4.79 Å². The van der Waals surface area contributed by atoms with Crippen LogP contribution in [0, 0.1) is 19.8 Å². The van der Waals surface area contributed by atoms with E-state index in [1.54, 1.807) is 68.7 Å². The SMILES string of the molecule is COC(=O)c1c(C)c(C(=O)C(C)N(CC(C)C)C(=O)c2cccc(OC)c2)c(C)n1C. The molecule has 0 fully saturated rings. The summed E-state index contributed by atoms with van der Waals surface area (Å²) in [5.74, 6) is -0.216. The van der Waals surface area contributed by atoms with Crippen molar-refractivity contribution in [2.24, 2.45) is 13.0 Å². The minimum atomic E-state index is -0.716. The standard InChI is InChI=1S/C24H32N2O5/c1-14(2)13-26(23(28)18-10-9-11-19(12-18)30-7)17(5)22(27)20-15(3)21(24(29)31-8)25(6)16(20)4/h9-12,14,17H,13H2,1-8H3. The Morgan fingerprint density at radius 1 is 1.10 bits per heavy atom. The third-order valence-corrected chi connectivity index (χ3v) is 5.54. The van der Waals surface area contributed by atoms with Crippen LogP contribution < -0.4 is 4.74 Å². The van der Waals surface area contributed by atoms with Gasteiger partial charge in [0.05, 0.1) is 20.3 Å². The van der Waals surface area contributed by atoms with Crippen LogP contribution in [0.3, 0.4) is 0 Å². The molecule has 0 spiro atoms. The number of nitrogens with zero attached hydrogens (tertiary/aromatic N) is 2. The zero-order valence-electron chi connectivity index (χ0n) is 19.6. The number of Topliss-reactive ketones (excluding diaryl/α,β-unsaturated/α-hetero) is 1. The molecular weight excluding hydrogens is 396 g/mol. The third-order valence-electron chi connectivity index (χ3n) is 5.54. The minimum Gasteiger partial charge on any atom is -0.497 e. The molecular formula is C24H32N2O5. The van der Waals surface area contributed by atoms with Crippen LogP contribution >= 0.6 is 0 Å². The van der Waals surface area contributed by atoms with Gasteiger partial charge in [0.25, 0.3) is 5.91 Å². The first kappa shape index (κ1) is 24.2. The molecule has 0 aliphatic carbocycles. The molecule has 1 aromatic carbocycles. The molecule has 1 amide bonds. The number of amides is 1. The van der Waals surface area contributed by atoms with Gasteiger partial charge in [0.2, 0.25) is 0 Å². The molecule has 0 saturated carbocycles. The lowest BCUT2D eigenvalue weighted by Crippen LogP contribution is -2.45. The van der Waals surface area contributed by atoms with Gasteiger partial charge in [-0.3, -0.25) is 9.59 Å². The van der Waals surface area contributed by atoms with Crippen LogP contribution in [0.2, 0.25) is 0 Å². The molecule has 1 atom stereocenters. The van der Waals surface area contributed by atoms with Gasteiger partial charge < -0.3 is 18.9 Å². The largest absolute Gasteiger partial charge is 0.497 e. The van der Waals surface area contributed by atoms with Crippen LogP contribution in [0.15, 0.2) is 24.3 Å². The number of carbonyl (C=O) groups is 3. The zero-order valence-corrected chi connectivity index (χ0v) is 19.6. The van der Waals surface area contributed by atoms with Gasteiger partial charge in [0.15, 0.2) is 5.78 Å². The maximum Gasteiger partial charge on any atom is 0.354 e. The summed E-state index contributed by atoms with van der Waals surface area (Å²) in [5.41, 5.74) is 2.46. The normalized spacial score (nSPS) is 11.9. The number of benzene rings is 1. The van der Waals surface area contributed by atoms with Crippen molar-refractivity contribution in [2.45, 2.75) is 40.7 Å². The Morgan fingerprint density at radius 2 is 1.74 bits per heavy atom. The van der Waals surface area contributed by atoms with Gasteiger partial charge in [-0.2, -0.15) is 0 Å². The van der Waals surface area contributed by atoms with Gasteiger partial charge in [-0.1, -0.05) is 19.9 Å². The molecule has 0 aliphatic rings. The van der Waals surface area contributed by atoms with Crippen molar-refractivity contribution in [1.82, 2.24) is 9.47 Å². The van der Waals surface area contributed by atoms with Crippen LogP contribution in [0.1, 0.15) is 63.2 Å². The molecule has 31 heavy (non-hydrogen) atoms. The Bertz CT molecular complexity index is 990. The molecule has 7 nitrogen and oxygen atoms in total. The lowest BCUT2D eigenvalue weighted by Gasteiger charge is -2.30. The van der Waals surface area contributed by atoms with Crippen molar-refractivity contribution in [3.05, 3.63) is 52.3 Å². The lowest BCUT2D eigenvalue weighted by atomic mass is 9.98. The van der Waals surface area contributed by atoms with Crippen LogP contribution in [0.5, 0.6) is 5.75 Å². The van der Waals surface area contributed by atoms with Gasteiger partial charge in [-0.05, 0) is 50.5 Å². The fourth-order valence-electron chi connectivity index (χ4n) is 3.81. The van der Waals surface area contributed by atoms with E-state index in [2.05, 4.69) is 0 Å². The molecule has 0 saturated heterocycles. The van der Waals surface area contributed by atoms with E-state index in [1.165, 1.54) is 7.11 Å². The number of hydrogen-bond acceptors (Lipinski definition) is 5. The predicted molar refractivity (Wildman–Crippen MR) is 119 cm³/mol. The van der Waals surface area contributed by atoms with Crippen molar-refractivity contribution in [2.75, 3.05) is 20.8 Å². The number of ether oxygens (including phenoxy) is 2. The van der Waals surface area contributed by atoms with Gasteiger partial charge in [0.1, 0.15) is 11.4 Å². The highest BCUT2D eigenvalue weighted by Gasteiger charge is 2.33. The smallest absolute Gasteiger partial charge is 0.354 e. The Balaban J connectivity index is 2.48. The highest BCUT2D eigenvalue weighted by atomic mass is 16.5. The van der Waals surface area contributed by atoms with Gasteiger partial charge in [-0.15, -0.1) is 0 Å². The fourth-order valence-corrected chi connectivity index (χ4v) is 3.81. The van der Waals surface area contributed by atoms with Crippen LogP contribution in [-0.4, -0.2) is 53.9 Å². The molecule has 0 radical (unpaired) electrons. The maximum atomic E-state index is 13.6. The van der Waals surface area contributed by atoms with E-state index in [9.17, 15) is 14.4 Å². The number of methoxy groups -OCH3 is 2. The summed E-state index contributed by atoms with van der Waals surface area (Å²) in [7, 11) is 4.58. The van der Waals surface area contributed by atoms with Crippen LogP contribution in [0.25, 0.3) is 0 Å². The molecule has 1 heterocycles. The van der Waals surface area contributed by atoms with E-state index in [0.717, 1.165) is 0 Å². The van der Waals surface area contributed by atoms with Gasteiger partial charge >= 0.3 is 5.97 Å². The summed E-state index contributed by atoms with van der Waals surface area (Å²) < 4.78 is 11.8. The van der Waals surface area contributed by atoms with Crippen LogP contribution in [-0.2, 0) is 11.8 Å². The Hall–Kier alpha value is -3.09. The second-order valence-electron chi connectivity index (χ2n) is 8.11. The quantitative estimate of drug-likeness (QED) is 0.472. The van der Waals surface area contributed by atoms with Gasteiger partial charge in [0, 0.05) is 30.4 Å². The highest BCUT2D eigenvalue weighted by molar-refractivity contribution is 6.07. The predicted octanol–water partition coefficient (Wildman–Crippen LogP) is 3.81. The zero-order chi connectivity index (χ0) is 23.5. The Kier molecular flexibility index (Phi) is 7.65. The molecule has 1 aromatic heterocycles. The number of esters is 1. The summed E-state index contributed by atoms with van der Waals surface area (Å²) in [4.78, 5) is 40.7. The third kappa shape index (κ3) is 4.81. The summed E-state index contributed by atoms with van der Waals surface area (Å²) in [6.07, 6.45) is 0. The molecule has 168 valence electrons. The van der Waals surface area contributed by atoms with Crippen molar-refractivity contribution < 1.29 is 23.9 Å². The van der Waals surface area contributed by atoms with Crippen molar-refractivity contribution in [3.63, 3.8) is 0 Å². The summed E-state index contributed by atoms with van der Waals surface area (Å²) >= 11 is 0. The number of aromatic nitrogens is 1. The molecule has 0 aliphatic heterocycles. The average molecular weight is 429 g/mol. The van der Waals surface area contributed by atoms with Crippen molar-refractivity contribution >= 4 is 17.7 Å². The first-order chi connectivity index (χ1) is 14.5.